The van der Waals surface area contributed by atoms with Gasteiger partial charge in [-0.25, -0.2) is 9.18 Å². The van der Waals surface area contributed by atoms with Crippen LogP contribution in [-0.4, -0.2) is 60.2 Å². The first-order chi connectivity index (χ1) is 16.4. The number of hydrogen-bond acceptors (Lipinski definition) is 6. The fourth-order valence-electron chi connectivity index (χ4n) is 4.30. The lowest BCUT2D eigenvalue weighted by Gasteiger charge is -2.35. The number of halogens is 1. The van der Waals surface area contributed by atoms with Crippen LogP contribution in [0.25, 0.3) is 10.9 Å². The lowest BCUT2D eigenvalue weighted by atomic mass is 10.1. The van der Waals surface area contributed by atoms with E-state index in [1.54, 1.807) is 19.4 Å². The molecule has 2 fully saturated rings. The van der Waals surface area contributed by atoms with Crippen LogP contribution in [0.15, 0.2) is 52.5 Å². The maximum absolute atomic E-state index is 15.1. The van der Waals surface area contributed by atoms with Gasteiger partial charge in [0, 0.05) is 30.7 Å². The Morgan fingerprint density at radius 1 is 1.15 bits per heavy atom. The second-order valence-corrected chi connectivity index (χ2v) is 8.59. The number of benzene rings is 2. The van der Waals surface area contributed by atoms with Crippen LogP contribution < -0.4 is 15.1 Å². The molecule has 2 heterocycles. The molecule has 0 spiro atoms. The Balaban J connectivity index is 1.36. The molecule has 0 amide bonds. The van der Waals surface area contributed by atoms with E-state index in [4.69, 9.17) is 4.74 Å². The van der Waals surface area contributed by atoms with Crippen LogP contribution >= 0.6 is 0 Å². The minimum Gasteiger partial charge on any atom is -0.497 e. The first kappa shape index (κ1) is 21.9. The molecule has 0 unspecified atom stereocenters. The van der Waals surface area contributed by atoms with Gasteiger partial charge in [-0.05, 0) is 54.8 Å². The van der Waals surface area contributed by atoms with Gasteiger partial charge in [0.15, 0.2) is 0 Å². The van der Waals surface area contributed by atoms with Gasteiger partial charge in [-0.15, -0.1) is 0 Å². The summed E-state index contributed by atoms with van der Waals surface area (Å²) in [5.41, 5.74) is 0.983. The number of carbonyl (C=O) groups is 1. The van der Waals surface area contributed by atoms with Crippen molar-refractivity contribution in [1.29, 1.82) is 0 Å². The number of methoxy groups -OCH3 is 1. The molecule has 3 aromatic rings. The lowest BCUT2D eigenvalue weighted by Crippen LogP contribution is -2.44. The molecule has 1 aromatic heterocycles. The van der Waals surface area contributed by atoms with E-state index in [0.29, 0.717) is 37.4 Å². The quantitative estimate of drug-likeness (QED) is 0.563. The van der Waals surface area contributed by atoms with Crippen LogP contribution in [0.4, 0.5) is 10.1 Å². The Bertz CT molecular complexity index is 1320. The van der Waals surface area contributed by atoms with Gasteiger partial charge >= 0.3 is 5.97 Å². The summed E-state index contributed by atoms with van der Waals surface area (Å²) in [6.07, 6.45) is 5.02. The predicted octanol–water partition coefficient (Wildman–Crippen LogP) is 3.34. The van der Waals surface area contributed by atoms with E-state index in [1.165, 1.54) is 12.3 Å². The number of piperazine rings is 1. The van der Waals surface area contributed by atoms with Crippen molar-refractivity contribution in [2.45, 2.75) is 18.9 Å². The molecule has 2 aliphatic rings. The highest BCUT2D eigenvalue weighted by molar-refractivity contribution is 5.93. The molecule has 176 valence electrons. The molecule has 2 aromatic carbocycles. The molecule has 1 N–H and O–H groups in total. The van der Waals surface area contributed by atoms with Gasteiger partial charge in [0.05, 0.1) is 37.6 Å². The highest BCUT2D eigenvalue weighted by atomic mass is 19.1. The zero-order valence-electron chi connectivity index (χ0n) is 18.8. The number of hydrazone groups is 1. The maximum atomic E-state index is 15.1. The fraction of sp³-hybridized carbons (Fsp3) is 0.320. The molecule has 8 nitrogen and oxygen atoms in total. The van der Waals surface area contributed by atoms with Crippen LogP contribution in [0.1, 0.15) is 34.8 Å². The number of pyridine rings is 1. The summed E-state index contributed by atoms with van der Waals surface area (Å²) in [7, 11) is 1.62. The molecule has 34 heavy (non-hydrogen) atoms. The summed E-state index contributed by atoms with van der Waals surface area (Å²) in [6, 6.07) is 10.6. The van der Waals surface area contributed by atoms with Gasteiger partial charge in [-0.3, -0.25) is 9.80 Å². The Kier molecular flexibility index (Phi) is 5.69. The third kappa shape index (κ3) is 4.21. The van der Waals surface area contributed by atoms with E-state index in [2.05, 4.69) is 5.10 Å². The standard InChI is InChI=1S/C25H25FN4O4/c1-34-18-6-2-16(3-7-18)14-27-29-10-8-28(9-11-29)23-13-22-19(12-21(23)26)24(31)20(25(32)33)15-30(22)17-4-5-17/h2-3,6-7,12-15,17H,4-5,8-11H2,1H3,(H,32,33)/b27-14+. The first-order valence-corrected chi connectivity index (χ1v) is 11.2. The summed E-state index contributed by atoms with van der Waals surface area (Å²) in [4.78, 5) is 26.1. The molecular weight excluding hydrogens is 439 g/mol. The largest absolute Gasteiger partial charge is 0.497 e. The second-order valence-electron chi connectivity index (χ2n) is 8.59. The number of aromatic nitrogens is 1. The highest BCUT2D eigenvalue weighted by Gasteiger charge is 2.28. The summed E-state index contributed by atoms with van der Waals surface area (Å²) >= 11 is 0. The number of rotatable bonds is 6. The van der Waals surface area contributed by atoms with Crippen molar-refractivity contribution in [2.24, 2.45) is 5.10 Å². The van der Waals surface area contributed by atoms with E-state index < -0.39 is 17.2 Å². The van der Waals surface area contributed by atoms with Gasteiger partial charge < -0.3 is 19.3 Å². The molecule has 5 rings (SSSR count). The number of anilines is 1. The molecule has 1 aliphatic carbocycles. The van der Waals surface area contributed by atoms with E-state index in [0.717, 1.165) is 24.2 Å². The Morgan fingerprint density at radius 3 is 2.47 bits per heavy atom. The van der Waals surface area contributed by atoms with Crippen molar-refractivity contribution >= 4 is 28.8 Å². The van der Waals surface area contributed by atoms with Crippen LogP contribution in [0.2, 0.25) is 0 Å². The van der Waals surface area contributed by atoms with Crippen molar-refractivity contribution in [3.63, 3.8) is 0 Å². The molecule has 0 bridgehead atoms. The van der Waals surface area contributed by atoms with Crippen molar-refractivity contribution < 1.29 is 19.0 Å². The fourth-order valence-corrected chi connectivity index (χ4v) is 4.30. The van der Waals surface area contributed by atoms with Crippen molar-refractivity contribution in [1.82, 2.24) is 9.58 Å². The monoisotopic (exact) mass is 464 g/mol. The average Bonchev–Trinajstić information content (AvgIpc) is 3.69. The third-order valence-electron chi connectivity index (χ3n) is 6.35. The topological polar surface area (TPSA) is 87.4 Å². The number of carboxylic acids is 1. The maximum Gasteiger partial charge on any atom is 0.341 e. The normalized spacial score (nSPS) is 16.4. The first-order valence-electron chi connectivity index (χ1n) is 11.2. The van der Waals surface area contributed by atoms with Gasteiger partial charge in [-0.1, -0.05) is 0 Å². The highest BCUT2D eigenvalue weighted by Crippen LogP contribution is 2.38. The zero-order chi connectivity index (χ0) is 23.8. The lowest BCUT2D eigenvalue weighted by molar-refractivity contribution is 0.0695. The second kappa shape index (κ2) is 8.81. The van der Waals surface area contributed by atoms with E-state index in [1.807, 2.05) is 38.7 Å². The van der Waals surface area contributed by atoms with E-state index in [-0.39, 0.29) is 17.0 Å². The molecule has 1 aliphatic heterocycles. The van der Waals surface area contributed by atoms with Crippen molar-refractivity contribution in [3.8, 4) is 5.75 Å². The summed E-state index contributed by atoms with van der Waals surface area (Å²) in [6.45, 7) is 2.39. The Labute approximate surface area is 195 Å². The van der Waals surface area contributed by atoms with Crippen molar-refractivity contribution in [2.75, 3.05) is 38.2 Å². The number of fused-ring (bicyclic) bond motifs is 1. The van der Waals surface area contributed by atoms with Crippen LogP contribution in [0.3, 0.4) is 0 Å². The van der Waals surface area contributed by atoms with Crippen LogP contribution in [0.5, 0.6) is 5.75 Å². The minimum atomic E-state index is -1.29. The summed E-state index contributed by atoms with van der Waals surface area (Å²) < 4.78 is 22.1. The van der Waals surface area contributed by atoms with Gasteiger partial charge in [0.2, 0.25) is 5.43 Å². The average molecular weight is 464 g/mol. The van der Waals surface area contributed by atoms with E-state index in [9.17, 15) is 14.7 Å². The third-order valence-corrected chi connectivity index (χ3v) is 6.35. The SMILES string of the molecule is COc1ccc(/C=N/N2CCN(c3cc4c(cc3F)c(=O)c(C(=O)O)cn4C3CC3)CC2)cc1. The molecule has 1 saturated heterocycles. The Hall–Kier alpha value is -3.88. The summed E-state index contributed by atoms with van der Waals surface area (Å²) in [5, 5.41) is 16.0. The van der Waals surface area contributed by atoms with Gasteiger partial charge in [0.1, 0.15) is 17.1 Å². The zero-order valence-corrected chi connectivity index (χ0v) is 18.8. The van der Waals surface area contributed by atoms with Gasteiger partial charge in [-0.2, -0.15) is 5.10 Å². The van der Waals surface area contributed by atoms with Crippen LogP contribution in [-0.2, 0) is 0 Å². The summed E-state index contributed by atoms with van der Waals surface area (Å²) in [5.74, 6) is -1.03. The number of aromatic carboxylic acids is 1. The Morgan fingerprint density at radius 2 is 1.85 bits per heavy atom. The molecule has 0 radical (unpaired) electrons. The number of hydrogen-bond donors (Lipinski definition) is 1. The van der Waals surface area contributed by atoms with Crippen LogP contribution in [0, 0.1) is 5.82 Å². The smallest absolute Gasteiger partial charge is 0.341 e. The number of ether oxygens (including phenoxy) is 1. The minimum absolute atomic E-state index is 0.107. The van der Waals surface area contributed by atoms with E-state index >= 15 is 4.39 Å². The number of carboxylic acid groups (broad SMARTS) is 1. The molecule has 9 heteroatoms. The molecule has 0 atom stereocenters. The van der Waals surface area contributed by atoms with Crippen molar-refractivity contribution in [3.05, 3.63) is 69.8 Å². The predicted molar refractivity (Wildman–Crippen MR) is 128 cm³/mol. The molecular formula is C25H25FN4O4. The molecule has 1 saturated carbocycles. The van der Waals surface area contributed by atoms with Gasteiger partial charge in [0.25, 0.3) is 0 Å². The number of nitrogens with zero attached hydrogens (tertiary/aromatic N) is 4.